The van der Waals surface area contributed by atoms with Crippen LogP contribution >= 0.6 is 11.3 Å². The Balaban J connectivity index is 1.65. The van der Waals surface area contributed by atoms with E-state index >= 15 is 4.39 Å². The minimum atomic E-state index is -4.88. The zero-order chi connectivity index (χ0) is 30.2. The average Bonchev–Trinajstić information content (AvgIpc) is 3.37. The third-order valence-electron chi connectivity index (χ3n) is 5.89. The molecule has 0 bridgehead atoms. The van der Waals surface area contributed by atoms with Crippen molar-refractivity contribution in [3.05, 3.63) is 89.9 Å². The second-order valence-electron chi connectivity index (χ2n) is 9.43. The lowest BCUT2D eigenvalue weighted by atomic mass is 10.1. The molecule has 0 saturated carbocycles. The molecule has 216 valence electrons. The number of nitrogens with zero attached hydrogens (tertiary/aromatic N) is 4. The van der Waals surface area contributed by atoms with Crippen LogP contribution in [0.15, 0.2) is 66.0 Å². The van der Waals surface area contributed by atoms with Crippen molar-refractivity contribution in [3.8, 4) is 32.4 Å². The summed E-state index contributed by atoms with van der Waals surface area (Å²) < 4.78 is 87.0. The Kier molecular flexibility index (Phi) is 7.93. The number of sulfonamides is 1. The Bertz CT molecular complexity index is 1910. The summed E-state index contributed by atoms with van der Waals surface area (Å²) in [5, 5.41) is 3.38. The van der Waals surface area contributed by atoms with E-state index in [1.807, 2.05) is 18.6 Å². The van der Waals surface area contributed by atoms with Crippen LogP contribution in [0.4, 0.5) is 29.2 Å². The van der Waals surface area contributed by atoms with E-state index in [4.69, 9.17) is 0 Å². The third kappa shape index (κ3) is 5.81. The lowest BCUT2D eigenvalue weighted by Crippen LogP contribution is -2.18. The number of halogens is 4. The summed E-state index contributed by atoms with van der Waals surface area (Å²) >= 11 is 1.09. The topological polar surface area (TPSA) is 110 Å². The molecule has 0 saturated heterocycles. The normalized spacial score (nSPS) is 11.6. The van der Waals surface area contributed by atoms with Crippen LogP contribution in [0.5, 0.6) is 0 Å². The Hall–Kier alpha value is -4.43. The molecule has 0 aliphatic carbocycles. The predicted molar refractivity (Wildman–Crippen MR) is 152 cm³/mol. The highest BCUT2D eigenvalue weighted by atomic mass is 32.2. The molecule has 3 heterocycles. The molecule has 0 unspecified atom stereocenters. The summed E-state index contributed by atoms with van der Waals surface area (Å²) in [5.74, 6) is -3.97. The van der Waals surface area contributed by atoms with Gasteiger partial charge in [0, 0.05) is 29.6 Å². The Morgan fingerprint density at radius 1 is 0.952 bits per heavy atom. The predicted octanol–water partition coefficient (Wildman–Crippen LogP) is 6.82. The molecule has 2 aromatic carbocycles. The number of aryl methyl sites for hydroxylation is 1. The molecule has 0 spiro atoms. The summed E-state index contributed by atoms with van der Waals surface area (Å²) in [4.78, 5) is 16.3. The second kappa shape index (κ2) is 11.4. The van der Waals surface area contributed by atoms with Crippen molar-refractivity contribution in [2.24, 2.45) is 0 Å². The van der Waals surface area contributed by atoms with Gasteiger partial charge in [-0.25, -0.2) is 40.9 Å². The highest BCUT2D eigenvalue weighted by Gasteiger charge is 2.28. The van der Waals surface area contributed by atoms with Gasteiger partial charge in [0.15, 0.2) is 10.7 Å². The number of rotatable bonds is 8. The average molecular weight is 615 g/mol. The van der Waals surface area contributed by atoms with E-state index in [0.29, 0.717) is 27.1 Å². The fraction of sp³-hybridized carbons (Fsp3) is 0.143. The summed E-state index contributed by atoms with van der Waals surface area (Å²) in [6.07, 6.45) is 3.93. The van der Waals surface area contributed by atoms with E-state index in [2.05, 4.69) is 25.3 Å². The maximum Gasteiger partial charge on any atom is 0.267 e. The van der Waals surface area contributed by atoms with Crippen LogP contribution in [-0.2, 0) is 10.0 Å². The van der Waals surface area contributed by atoms with Crippen LogP contribution in [0.1, 0.15) is 19.4 Å². The molecule has 5 aromatic rings. The molecule has 0 aliphatic heterocycles. The first-order valence-corrected chi connectivity index (χ1v) is 14.7. The van der Waals surface area contributed by atoms with Crippen molar-refractivity contribution in [3.63, 3.8) is 0 Å². The standard InChI is InChI=1S/C28H22F4N6O2S2/c1-14(2)35-28-34-10-9-21(36-28)25-24(37-27(41-25)16-11-17(29)13-33-12-16)18-5-4-6-20(23(18)32)38-42(39,40)26-19(30)8-7-15(3)22(26)31/h4-14,38H,1-3H3,(H,34,35,36). The molecule has 0 atom stereocenters. The maximum atomic E-state index is 16.0. The van der Waals surface area contributed by atoms with Crippen molar-refractivity contribution in [2.75, 3.05) is 10.0 Å². The van der Waals surface area contributed by atoms with Gasteiger partial charge in [-0.15, -0.1) is 11.3 Å². The summed E-state index contributed by atoms with van der Waals surface area (Å²) in [7, 11) is -4.88. The molecule has 0 aliphatic rings. The third-order valence-corrected chi connectivity index (χ3v) is 8.42. The minimum absolute atomic E-state index is 0.0142. The highest BCUT2D eigenvalue weighted by Crippen LogP contribution is 2.42. The molecular weight excluding hydrogens is 592 g/mol. The van der Waals surface area contributed by atoms with Crippen molar-refractivity contribution in [1.29, 1.82) is 0 Å². The lowest BCUT2D eigenvalue weighted by molar-refractivity contribution is 0.516. The van der Waals surface area contributed by atoms with Gasteiger partial charge in [-0.2, -0.15) is 0 Å². The number of hydrogen-bond donors (Lipinski definition) is 2. The van der Waals surface area contributed by atoms with Gasteiger partial charge >= 0.3 is 0 Å². The number of pyridine rings is 1. The monoisotopic (exact) mass is 614 g/mol. The smallest absolute Gasteiger partial charge is 0.267 e. The van der Waals surface area contributed by atoms with Crippen LogP contribution in [0.2, 0.25) is 0 Å². The molecule has 8 nitrogen and oxygen atoms in total. The van der Waals surface area contributed by atoms with E-state index in [1.165, 1.54) is 37.5 Å². The number of hydrogen-bond acceptors (Lipinski definition) is 8. The van der Waals surface area contributed by atoms with Gasteiger partial charge in [-0.1, -0.05) is 12.1 Å². The zero-order valence-corrected chi connectivity index (χ0v) is 23.9. The van der Waals surface area contributed by atoms with E-state index in [-0.39, 0.29) is 22.9 Å². The number of anilines is 2. The first-order valence-electron chi connectivity index (χ1n) is 12.4. The molecule has 0 amide bonds. The molecule has 0 fully saturated rings. The van der Waals surface area contributed by atoms with Crippen molar-refractivity contribution in [2.45, 2.75) is 31.7 Å². The molecule has 14 heteroatoms. The number of nitrogens with one attached hydrogen (secondary N) is 2. The maximum absolute atomic E-state index is 16.0. The van der Waals surface area contributed by atoms with Crippen molar-refractivity contribution >= 4 is 33.0 Å². The Morgan fingerprint density at radius 3 is 2.48 bits per heavy atom. The van der Waals surface area contributed by atoms with Crippen LogP contribution < -0.4 is 10.0 Å². The number of benzene rings is 2. The molecule has 3 aromatic heterocycles. The van der Waals surface area contributed by atoms with E-state index in [0.717, 1.165) is 35.7 Å². The molecule has 2 N–H and O–H groups in total. The number of aromatic nitrogens is 4. The van der Waals surface area contributed by atoms with Crippen molar-refractivity contribution < 1.29 is 26.0 Å². The summed E-state index contributed by atoms with van der Waals surface area (Å²) in [6.45, 7) is 5.08. The number of thiazole rings is 1. The Labute approximate surface area is 242 Å². The first kappa shape index (κ1) is 29.1. The molecule has 0 radical (unpaired) electrons. The van der Waals surface area contributed by atoms with E-state index < -0.39 is 43.9 Å². The van der Waals surface area contributed by atoms with Crippen molar-refractivity contribution in [1.82, 2.24) is 19.9 Å². The van der Waals surface area contributed by atoms with E-state index in [1.54, 1.807) is 6.07 Å². The van der Waals surface area contributed by atoms with Crippen LogP contribution in [0, 0.1) is 30.2 Å². The SMILES string of the molecule is Cc1ccc(F)c(S(=O)(=O)Nc2cccc(-c3nc(-c4cncc(F)c4)sc3-c3ccnc(NC(C)C)n3)c2F)c1F. The van der Waals surface area contributed by atoms with E-state index in [9.17, 15) is 21.6 Å². The molecule has 5 rings (SSSR count). The van der Waals surface area contributed by atoms with Gasteiger partial charge in [0.1, 0.15) is 22.5 Å². The molecular formula is C28H22F4N6O2S2. The minimum Gasteiger partial charge on any atom is -0.352 e. The summed E-state index contributed by atoms with van der Waals surface area (Å²) in [5.41, 5.74) is -0.0475. The van der Waals surface area contributed by atoms with Gasteiger partial charge in [0.25, 0.3) is 10.0 Å². The first-order chi connectivity index (χ1) is 19.9. The van der Waals surface area contributed by atoms with Gasteiger partial charge in [-0.05, 0) is 56.7 Å². The van der Waals surface area contributed by atoms with Gasteiger partial charge in [0.05, 0.1) is 28.1 Å². The zero-order valence-electron chi connectivity index (χ0n) is 22.3. The summed E-state index contributed by atoms with van der Waals surface area (Å²) in [6, 6.07) is 8.56. The highest BCUT2D eigenvalue weighted by molar-refractivity contribution is 7.92. The quantitative estimate of drug-likeness (QED) is 0.185. The van der Waals surface area contributed by atoms with Gasteiger partial charge < -0.3 is 5.32 Å². The van der Waals surface area contributed by atoms with Crippen LogP contribution in [0.25, 0.3) is 32.4 Å². The van der Waals surface area contributed by atoms with Crippen LogP contribution in [-0.4, -0.2) is 34.4 Å². The van der Waals surface area contributed by atoms with Gasteiger partial charge in [0.2, 0.25) is 5.95 Å². The fourth-order valence-corrected chi connectivity index (χ4v) is 6.31. The van der Waals surface area contributed by atoms with Gasteiger partial charge in [-0.3, -0.25) is 9.71 Å². The fourth-order valence-electron chi connectivity index (χ4n) is 4.01. The molecule has 42 heavy (non-hydrogen) atoms. The van der Waals surface area contributed by atoms with Crippen LogP contribution in [0.3, 0.4) is 0 Å². The largest absolute Gasteiger partial charge is 0.352 e. The second-order valence-corrected chi connectivity index (χ2v) is 12.1. The Morgan fingerprint density at radius 2 is 1.74 bits per heavy atom. The lowest BCUT2D eigenvalue weighted by Gasteiger charge is -2.13.